The molecule has 1 heterocycles. The fourth-order valence-electron chi connectivity index (χ4n) is 2.61. The van der Waals surface area contributed by atoms with Crippen LogP contribution >= 0.6 is 11.8 Å². The first-order valence-electron chi connectivity index (χ1n) is 8.68. The van der Waals surface area contributed by atoms with Crippen molar-refractivity contribution in [1.82, 2.24) is 0 Å². The number of anilines is 1. The minimum Gasteiger partial charge on any atom is -0.497 e. The van der Waals surface area contributed by atoms with Crippen LogP contribution in [-0.4, -0.2) is 44.1 Å². The number of nitrogens with zero attached hydrogens (tertiary/aromatic N) is 2. The molecule has 0 saturated heterocycles. The maximum Gasteiger partial charge on any atom is 0.316 e. The number of aliphatic imine (C=N–C) groups is 1. The van der Waals surface area contributed by atoms with Gasteiger partial charge < -0.3 is 14.2 Å². The molecule has 150 valence electrons. The largest absolute Gasteiger partial charge is 0.497 e. The summed E-state index contributed by atoms with van der Waals surface area (Å²) < 4.78 is 15.1. The Kier molecular flexibility index (Phi) is 6.56. The Labute approximate surface area is 173 Å². The molecule has 0 aromatic heterocycles. The van der Waals surface area contributed by atoms with Gasteiger partial charge in [-0.1, -0.05) is 30.0 Å². The molecule has 29 heavy (non-hydrogen) atoms. The first-order valence-corrected chi connectivity index (χ1v) is 9.67. The van der Waals surface area contributed by atoms with Crippen LogP contribution in [0.15, 0.2) is 59.2 Å². The Morgan fingerprint density at radius 1 is 1.07 bits per heavy atom. The summed E-state index contributed by atoms with van der Waals surface area (Å²) in [6.07, 6.45) is 1.70. The van der Waals surface area contributed by atoms with Crippen LogP contribution in [-0.2, 0) is 14.3 Å². The van der Waals surface area contributed by atoms with Crippen molar-refractivity contribution in [2.75, 3.05) is 32.0 Å². The van der Waals surface area contributed by atoms with Crippen molar-refractivity contribution in [2.45, 2.75) is 0 Å². The van der Waals surface area contributed by atoms with Crippen molar-refractivity contribution < 1.29 is 23.8 Å². The van der Waals surface area contributed by atoms with Gasteiger partial charge in [-0.3, -0.25) is 14.5 Å². The van der Waals surface area contributed by atoms with Crippen LogP contribution in [0.5, 0.6) is 11.5 Å². The Hall–Kier alpha value is -3.26. The highest BCUT2D eigenvalue weighted by atomic mass is 32.2. The van der Waals surface area contributed by atoms with Gasteiger partial charge in [0.05, 0.1) is 32.8 Å². The number of carbonyl (C=O) groups is 2. The molecule has 1 amide bonds. The molecule has 0 unspecified atom stereocenters. The van der Waals surface area contributed by atoms with Gasteiger partial charge in [0.2, 0.25) is 0 Å². The number of hydrogen-bond donors (Lipinski definition) is 0. The van der Waals surface area contributed by atoms with Crippen LogP contribution in [0.2, 0.25) is 0 Å². The Morgan fingerprint density at radius 2 is 1.79 bits per heavy atom. The molecule has 1 aliphatic rings. The van der Waals surface area contributed by atoms with Gasteiger partial charge in [-0.05, 0) is 35.9 Å². The summed E-state index contributed by atoms with van der Waals surface area (Å²) in [5, 5.41) is 0.397. The fourth-order valence-corrected chi connectivity index (χ4v) is 3.46. The summed E-state index contributed by atoms with van der Waals surface area (Å²) in [6.45, 7) is 0. The third-order valence-corrected chi connectivity index (χ3v) is 5.02. The van der Waals surface area contributed by atoms with Crippen LogP contribution in [0.1, 0.15) is 5.56 Å². The lowest BCUT2D eigenvalue weighted by Crippen LogP contribution is -2.30. The zero-order chi connectivity index (χ0) is 20.8. The molecule has 0 spiro atoms. The molecule has 0 fully saturated rings. The third kappa shape index (κ3) is 4.78. The number of rotatable bonds is 6. The van der Waals surface area contributed by atoms with Gasteiger partial charge in [0.25, 0.3) is 5.91 Å². The van der Waals surface area contributed by atoms with Gasteiger partial charge in [-0.15, -0.1) is 0 Å². The molecule has 0 bridgehead atoms. The Balaban J connectivity index is 1.95. The standard InChI is InChI=1S/C21H20N2O5S/c1-26-16-9-7-14(8-10-16)11-18-20(25)23(15-5-4-6-17(12-15)27-2)21(22-18)29-13-19(24)28-3/h4-12H,13H2,1-3H3. The molecule has 0 saturated carbocycles. The minimum atomic E-state index is -0.400. The highest BCUT2D eigenvalue weighted by Crippen LogP contribution is 2.31. The number of esters is 1. The Morgan fingerprint density at radius 3 is 2.45 bits per heavy atom. The summed E-state index contributed by atoms with van der Waals surface area (Å²) in [5.41, 5.74) is 1.68. The van der Waals surface area contributed by atoms with Gasteiger partial charge in [-0.2, -0.15) is 0 Å². The van der Waals surface area contributed by atoms with E-state index in [1.165, 1.54) is 12.0 Å². The van der Waals surface area contributed by atoms with Gasteiger partial charge in [-0.25, -0.2) is 4.99 Å². The van der Waals surface area contributed by atoms with Crippen molar-refractivity contribution in [3.05, 3.63) is 59.8 Å². The Bertz CT molecular complexity index is 969. The fraction of sp³-hybridized carbons (Fsp3) is 0.190. The SMILES string of the molecule is COC(=O)CSC1=NC(=Cc2ccc(OC)cc2)C(=O)N1c1cccc(OC)c1. The predicted molar refractivity (Wildman–Crippen MR) is 113 cm³/mol. The van der Waals surface area contributed by atoms with Crippen LogP contribution in [0.4, 0.5) is 5.69 Å². The zero-order valence-electron chi connectivity index (χ0n) is 16.2. The lowest BCUT2D eigenvalue weighted by molar-refractivity contribution is -0.137. The second kappa shape index (κ2) is 9.29. The topological polar surface area (TPSA) is 77.4 Å². The van der Waals surface area contributed by atoms with E-state index in [-0.39, 0.29) is 17.4 Å². The first kappa shape index (κ1) is 20.5. The van der Waals surface area contributed by atoms with E-state index in [4.69, 9.17) is 14.2 Å². The van der Waals surface area contributed by atoms with E-state index in [0.717, 1.165) is 23.1 Å². The number of methoxy groups -OCH3 is 3. The maximum atomic E-state index is 13.1. The molecular weight excluding hydrogens is 392 g/mol. The predicted octanol–water partition coefficient (Wildman–Crippen LogP) is 3.35. The number of hydrogen-bond acceptors (Lipinski definition) is 7. The van der Waals surface area contributed by atoms with E-state index in [1.54, 1.807) is 44.6 Å². The van der Waals surface area contributed by atoms with E-state index < -0.39 is 5.97 Å². The van der Waals surface area contributed by atoms with E-state index in [1.807, 2.05) is 24.3 Å². The van der Waals surface area contributed by atoms with Crippen molar-refractivity contribution in [1.29, 1.82) is 0 Å². The van der Waals surface area contributed by atoms with Gasteiger partial charge >= 0.3 is 5.97 Å². The van der Waals surface area contributed by atoms with Crippen molar-refractivity contribution in [3.63, 3.8) is 0 Å². The number of thioether (sulfide) groups is 1. The molecule has 2 aromatic carbocycles. The average molecular weight is 412 g/mol. The molecule has 8 heteroatoms. The molecule has 3 rings (SSSR count). The van der Waals surface area contributed by atoms with E-state index in [0.29, 0.717) is 16.6 Å². The highest BCUT2D eigenvalue weighted by Gasteiger charge is 2.32. The molecule has 2 aromatic rings. The van der Waals surface area contributed by atoms with Crippen molar-refractivity contribution in [2.24, 2.45) is 4.99 Å². The van der Waals surface area contributed by atoms with E-state index in [9.17, 15) is 9.59 Å². The lowest BCUT2D eigenvalue weighted by atomic mass is 10.2. The van der Waals surface area contributed by atoms with E-state index in [2.05, 4.69) is 4.99 Å². The van der Waals surface area contributed by atoms with Gasteiger partial charge in [0.15, 0.2) is 5.17 Å². The number of amidine groups is 1. The first-order chi connectivity index (χ1) is 14.0. The number of amides is 1. The second-order valence-corrected chi connectivity index (χ2v) is 6.85. The van der Waals surface area contributed by atoms with Crippen molar-refractivity contribution in [3.8, 4) is 11.5 Å². The molecule has 7 nitrogen and oxygen atoms in total. The summed E-state index contributed by atoms with van der Waals surface area (Å²) >= 11 is 1.14. The highest BCUT2D eigenvalue weighted by molar-refractivity contribution is 8.14. The molecule has 1 aliphatic heterocycles. The number of ether oxygens (including phenoxy) is 3. The molecular formula is C21H20N2O5S. The average Bonchev–Trinajstić information content (AvgIpc) is 3.07. The minimum absolute atomic E-state index is 0.0406. The van der Waals surface area contributed by atoms with Crippen molar-refractivity contribution >= 4 is 40.6 Å². The normalized spacial score (nSPS) is 14.7. The smallest absolute Gasteiger partial charge is 0.316 e. The second-order valence-electron chi connectivity index (χ2n) is 5.90. The lowest BCUT2D eigenvalue weighted by Gasteiger charge is -2.18. The third-order valence-electron chi connectivity index (χ3n) is 4.11. The molecule has 0 aliphatic carbocycles. The summed E-state index contributed by atoms with van der Waals surface area (Å²) in [7, 11) is 4.47. The zero-order valence-corrected chi connectivity index (χ0v) is 17.1. The molecule has 0 atom stereocenters. The van der Waals surface area contributed by atoms with Crippen LogP contribution in [0.25, 0.3) is 6.08 Å². The summed E-state index contributed by atoms with van der Waals surface area (Å²) in [4.78, 5) is 30.6. The molecule has 0 N–H and O–H groups in total. The van der Waals surface area contributed by atoms with Gasteiger partial charge in [0, 0.05) is 6.07 Å². The molecule has 0 radical (unpaired) electrons. The van der Waals surface area contributed by atoms with Gasteiger partial charge in [0.1, 0.15) is 17.2 Å². The summed E-state index contributed by atoms with van der Waals surface area (Å²) in [6, 6.07) is 14.4. The van der Waals surface area contributed by atoms with E-state index >= 15 is 0 Å². The maximum absolute atomic E-state index is 13.1. The van der Waals surface area contributed by atoms with Crippen LogP contribution < -0.4 is 14.4 Å². The quantitative estimate of drug-likeness (QED) is 0.535. The number of benzene rings is 2. The summed E-state index contributed by atoms with van der Waals surface area (Å²) in [5.74, 6) is 0.685. The van der Waals surface area contributed by atoms with Crippen LogP contribution in [0, 0.1) is 0 Å². The monoisotopic (exact) mass is 412 g/mol. The van der Waals surface area contributed by atoms with Crippen LogP contribution in [0.3, 0.4) is 0 Å². The number of carbonyl (C=O) groups excluding carboxylic acids is 2.